The summed E-state index contributed by atoms with van der Waals surface area (Å²) in [4.78, 5) is 0. The fraction of sp³-hybridized carbons (Fsp3) is 0.333. The van der Waals surface area contributed by atoms with Crippen molar-refractivity contribution in [2.75, 3.05) is 0 Å². The lowest BCUT2D eigenvalue weighted by Crippen LogP contribution is -2.17. The molecule has 1 unspecified atom stereocenters. The molecular formula is C18H21ClFN. The molecule has 0 bridgehead atoms. The Morgan fingerprint density at radius 2 is 1.76 bits per heavy atom. The molecule has 0 radical (unpaired) electrons. The molecule has 2 N–H and O–H groups in total. The van der Waals surface area contributed by atoms with Gasteiger partial charge in [-0.25, -0.2) is 4.39 Å². The summed E-state index contributed by atoms with van der Waals surface area (Å²) < 4.78 is 13.5. The average Bonchev–Trinajstić information content (AvgIpc) is 2.49. The van der Waals surface area contributed by atoms with Crippen molar-refractivity contribution < 1.29 is 4.39 Å². The van der Waals surface area contributed by atoms with Crippen molar-refractivity contribution in [1.29, 1.82) is 0 Å². The van der Waals surface area contributed by atoms with Crippen LogP contribution in [0.5, 0.6) is 0 Å². The summed E-state index contributed by atoms with van der Waals surface area (Å²) in [5.74, 6) is -0.437. The second-order valence-electron chi connectivity index (χ2n) is 5.98. The molecule has 1 atom stereocenters. The highest BCUT2D eigenvalue weighted by atomic mass is 35.5. The number of hydrogen-bond acceptors (Lipinski definition) is 1. The molecule has 0 aromatic heterocycles. The molecule has 112 valence electrons. The molecule has 0 heterocycles. The molecule has 3 heteroatoms. The van der Waals surface area contributed by atoms with Crippen LogP contribution >= 0.6 is 11.6 Å². The molecule has 0 spiro atoms. The van der Waals surface area contributed by atoms with Gasteiger partial charge in [0.15, 0.2) is 0 Å². The van der Waals surface area contributed by atoms with Crippen molar-refractivity contribution in [2.45, 2.75) is 38.6 Å². The van der Waals surface area contributed by atoms with Gasteiger partial charge < -0.3 is 5.73 Å². The monoisotopic (exact) mass is 305 g/mol. The van der Waals surface area contributed by atoms with Crippen LogP contribution in [0.1, 0.15) is 49.9 Å². The van der Waals surface area contributed by atoms with Gasteiger partial charge in [0.1, 0.15) is 5.82 Å². The average molecular weight is 306 g/mol. The van der Waals surface area contributed by atoms with Crippen LogP contribution in [0.4, 0.5) is 4.39 Å². The van der Waals surface area contributed by atoms with Crippen LogP contribution in [0.2, 0.25) is 5.02 Å². The Morgan fingerprint density at radius 3 is 2.33 bits per heavy atom. The van der Waals surface area contributed by atoms with Gasteiger partial charge in [0.05, 0.1) is 11.1 Å². The van der Waals surface area contributed by atoms with Gasteiger partial charge in [-0.2, -0.15) is 0 Å². The maximum absolute atomic E-state index is 13.5. The fourth-order valence-electron chi connectivity index (χ4n) is 2.29. The summed E-state index contributed by atoms with van der Waals surface area (Å²) in [5.41, 5.74) is 9.17. The first-order valence-corrected chi connectivity index (χ1v) is 7.54. The van der Waals surface area contributed by atoms with E-state index in [1.807, 2.05) is 12.1 Å². The van der Waals surface area contributed by atoms with E-state index in [0.717, 1.165) is 12.0 Å². The summed E-state index contributed by atoms with van der Waals surface area (Å²) >= 11 is 6.01. The Labute approximate surface area is 130 Å². The van der Waals surface area contributed by atoms with Crippen molar-refractivity contribution in [3.63, 3.8) is 0 Å². The zero-order valence-electron chi connectivity index (χ0n) is 12.7. The lowest BCUT2D eigenvalue weighted by atomic mass is 9.81. The van der Waals surface area contributed by atoms with Crippen LogP contribution in [0.15, 0.2) is 42.5 Å². The molecule has 0 aliphatic heterocycles. The zero-order valence-corrected chi connectivity index (χ0v) is 13.4. The fourth-order valence-corrected chi connectivity index (χ4v) is 2.53. The van der Waals surface area contributed by atoms with E-state index >= 15 is 0 Å². The quantitative estimate of drug-likeness (QED) is 0.824. The Bertz CT molecular complexity index is 620. The van der Waals surface area contributed by atoms with Crippen molar-refractivity contribution in [1.82, 2.24) is 0 Å². The van der Waals surface area contributed by atoms with Gasteiger partial charge in [-0.05, 0) is 34.6 Å². The third-order valence-electron chi connectivity index (χ3n) is 4.25. The van der Waals surface area contributed by atoms with Crippen LogP contribution in [0.25, 0.3) is 0 Å². The van der Waals surface area contributed by atoms with E-state index in [9.17, 15) is 4.39 Å². The van der Waals surface area contributed by atoms with Gasteiger partial charge in [-0.1, -0.05) is 68.8 Å². The molecule has 0 aliphatic carbocycles. The largest absolute Gasteiger partial charge is 0.320 e. The first-order valence-electron chi connectivity index (χ1n) is 7.16. The molecule has 1 nitrogen and oxygen atoms in total. The highest BCUT2D eigenvalue weighted by molar-refractivity contribution is 6.31. The lowest BCUT2D eigenvalue weighted by Gasteiger charge is -2.24. The normalized spacial score (nSPS) is 13.2. The van der Waals surface area contributed by atoms with Crippen molar-refractivity contribution in [3.8, 4) is 0 Å². The van der Waals surface area contributed by atoms with E-state index < -0.39 is 11.9 Å². The van der Waals surface area contributed by atoms with Gasteiger partial charge in [0, 0.05) is 0 Å². The van der Waals surface area contributed by atoms with E-state index in [4.69, 9.17) is 17.3 Å². The molecule has 0 saturated carbocycles. The standard InChI is InChI=1S/C18H21ClFN/c1-4-18(2,3)13-10-8-12(9-11-13)17(21)14-6-5-7-15(20)16(14)19/h5-11,17H,4,21H2,1-3H3. The third kappa shape index (κ3) is 3.28. The molecule has 0 saturated heterocycles. The molecule has 0 aliphatic rings. The second kappa shape index (κ2) is 6.17. The smallest absolute Gasteiger partial charge is 0.142 e. The maximum Gasteiger partial charge on any atom is 0.142 e. The Hall–Kier alpha value is -1.38. The minimum atomic E-state index is -0.437. The van der Waals surface area contributed by atoms with E-state index in [2.05, 4.69) is 32.9 Å². The summed E-state index contributed by atoms with van der Waals surface area (Å²) in [6.45, 7) is 6.60. The number of benzene rings is 2. The van der Waals surface area contributed by atoms with E-state index in [1.165, 1.54) is 11.6 Å². The van der Waals surface area contributed by atoms with E-state index in [-0.39, 0.29) is 10.4 Å². The summed E-state index contributed by atoms with van der Waals surface area (Å²) in [5, 5.41) is 0.1000. The van der Waals surface area contributed by atoms with Gasteiger partial charge >= 0.3 is 0 Å². The van der Waals surface area contributed by atoms with E-state index in [1.54, 1.807) is 12.1 Å². The Morgan fingerprint density at radius 1 is 1.14 bits per heavy atom. The van der Waals surface area contributed by atoms with Gasteiger partial charge in [0.2, 0.25) is 0 Å². The van der Waals surface area contributed by atoms with Crippen LogP contribution in [-0.4, -0.2) is 0 Å². The number of rotatable bonds is 4. The number of hydrogen-bond donors (Lipinski definition) is 1. The summed E-state index contributed by atoms with van der Waals surface area (Å²) in [6.07, 6.45) is 1.06. The first-order chi connectivity index (χ1) is 9.86. The van der Waals surface area contributed by atoms with Crippen LogP contribution in [-0.2, 0) is 5.41 Å². The Balaban J connectivity index is 2.32. The summed E-state index contributed by atoms with van der Waals surface area (Å²) in [7, 11) is 0. The molecule has 2 rings (SSSR count). The molecule has 0 amide bonds. The molecule has 2 aromatic rings. The van der Waals surface area contributed by atoms with Gasteiger partial charge in [0.25, 0.3) is 0 Å². The lowest BCUT2D eigenvalue weighted by molar-refractivity contribution is 0.506. The van der Waals surface area contributed by atoms with Gasteiger partial charge in [-0.15, -0.1) is 0 Å². The predicted octanol–water partition coefficient (Wildman–Crippen LogP) is 5.21. The van der Waals surface area contributed by atoms with Crippen LogP contribution < -0.4 is 5.73 Å². The van der Waals surface area contributed by atoms with Crippen LogP contribution in [0.3, 0.4) is 0 Å². The van der Waals surface area contributed by atoms with Crippen molar-refractivity contribution >= 4 is 11.6 Å². The minimum absolute atomic E-state index is 0.1000. The molecular weight excluding hydrogens is 285 g/mol. The highest BCUT2D eigenvalue weighted by Gasteiger charge is 2.19. The number of halogens is 2. The molecule has 21 heavy (non-hydrogen) atoms. The second-order valence-corrected chi connectivity index (χ2v) is 6.36. The number of nitrogens with two attached hydrogens (primary N) is 1. The predicted molar refractivity (Wildman–Crippen MR) is 87.2 cm³/mol. The first kappa shape index (κ1) is 16.0. The third-order valence-corrected chi connectivity index (χ3v) is 4.65. The highest BCUT2D eigenvalue weighted by Crippen LogP contribution is 2.31. The minimum Gasteiger partial charge on any atom is -0.320 e. The van der Waals surface area contributed by atoms with Crippen molar-refractivity contribution in [3.05, 3.63) is 70.0 Å². The van der Waals surface area contributed by atoms with Crippen LogP contribution in [0, 0.1) is 5.82 Å². The van der Waals surface area contributed by atoms with Gasteiger partial charge in [-0.3, -0.25) is 0 Å². The molecule has 2 aromatic carbocycles. The summed E-state index contributed by atoms with van der Waals surface area (Å²) in [6, 6.07) is 12.5. The van der Waals surface area contributed by atoms with Crippen molar-refractivity contribution in [2.24, 2.45) is 5.73 Å². The topological polar surface area (TPSA) is 26.0 Å². The van der Waals surface area contributed by atoms with E-state index in [0.29, 0.717) is 5.56 Å². The maximum atomic E-state index is 13.5. The molecule has 0 fully saturated rings. The SMILES string of the molecule is CCC(C)(C)c1ccc(C(N)c2cccc(F)c2Cl)cc1. The zero-order chi connectivity index (χ0) is 15.6. The Kier molecular flexibility index (Phi) is 4.70.